The fourth-order valence-corrected chi connectivity index (χ4v) is 2.76. The number of benzene rings is 2. The fourth-order valence-electron chi connectivity index (χ4n) is 2.27. The normalized spacial score (nSPS) is 11.0. The molecule has 0 radical (unpaired) electrons. The molecule has 2 nitrogen and oxygen atoms in total. The van der Waals surface area contributed by atoms with Gasteiger partial charge in [0.2, 0.25) is 0 Å². The van der Waals surface area contributed by atoms with Gasteiger partial charge in [-0.1, -0.05) is 38.1 Å². The molecule has 0 aliphatic rings. The lowest BCUT2D eigenvalue weighted by molar-refractivity contribution is 0.866. The van der Waals surface area contributed by atoms with E-state index in [1.165, 1.54) is 5.56 Å². The van der Waals surface area contributed by atoms with Crippen LogP contribution >= 0.6 is 15.9 Å². The summed E-state index contributed by atoms with van der Waals surface area (Å²) in [7, 11) is 0. The topological polar surface area (TPSA) is 24.9 Å². The summed E-state index contributed by atoms with van der Waals surface area (Å²) >= 11 is 3.63. The average Bonchev–Trinajstić information content (AvgIpc) is 2.49. The summed E-state index contributed by atoms with van der Waals surface area (Å²) in [4.78, 5) is 4.64. The summed E-state index contributed by atoms with van der Waals surface area (Å²) in [6.45, 7) is 4.39. The first-order valence-corrected chi connectivity index (χ1v) is 7.85. The van der Waals surface area contributed by atoms with Crippen LogP contribution in [0.15, 0.2) is 59.1 Å². The van der Waals surface area contributed by atoms with E-state index < -0.39 is 0 Å². The molecule has 2 aromatic carbocycles. The number of pyridine rings is 1. The molecule has 106 valence electrons. The first-order chi connectivity index (χ1) is 10.1. The van der Waals surface area contributed by atoms with Gasteiger partial charge in [0.25, 0.3) is 0 Å². The van der Waals surface area contributed by atoms with Crippen LogP contribution in [-0.2, 0) is 0 Å². The van der Waals surface area contributed by atoms with E-state index in [0.29, 0.717) is 5.92 Å². The molecule has 0 fully saturated rings. The van der Waals surface area contributed by atoms with E-state index in [2.05, 4.69) is 70.4 Å². The summed E-state index contributed by atoms with van der Waals surface area (Å²) in [5.74, 6) is 1.38. The van der Waals surface area contributed by atoms with Gasteiger partial charge in [-0.25, -0.2) is 4.98 Å². The number of halogens is 1. The lowest BCUT2D eigenvalue weighted by atomic mass is 10.0. The van der Waals surface area contributed by atoms with Crippen LogP contribution in [0.25, 0.3) is 10.9 Å². The molecule has 0 spiro atoms. The molecule has 0 bridgehead atoms. The Balaban J connectivity index is 1.91. The van der Waals surface area contributed by atoms with Crippen molar-refractivity contribution < 1.29 is 0 Å². The Bertz CT molecular complexity index is 781. The molecule has 0 unspecified atom stereocenters. The molecule has 1 heterocycles. The van der Waals surface area contributed by atoms with Gasteiger partial charge in [-0.3, -0.25) is 0 Å². The molecule has 0 atom stereocenters. The molecule has 1 N–H and O–H groups in total. The minimum absolute atomic E-state index is 0.522. The lowest BCUT2D eigenvalue weighted by Crippen LogP contribution is -1.96. The second-order valence-corrected chi connectivity index (χ2v) is 6.26. The van der Waals surface area contributed by atoms with Crippen LogP contribution in [0.3, 0.4) is 0 Å². The van der Waals surface area contributed by atoms with Gasteiger partial charge in [0, 0.05) is 9.86 Å². The maximum absolute atomic E-state index is 4.64. The Morgan fingerprint density at radius 2 is 1.81 bits per heavy atom. The number of nitrogens with one attached hydrogen (secondary N) is 1. The Morgan fingerprint density at radius 1 is 1.00 bits per heavy atom. The van der Waals surface area contributed by atoms with Crippen LogP contribution in [0.1, 0.15) is 25.3 Å². The molecule has 3 aromatic rings. The lowest BCUT2D eigenvalue weighted by Gasteiger charge is -2.12. The van der Waals surface area contributed by atoms with E-state index in [1.54, 1.807) is 0 Å². The maximum Gasteiger partial charge on any atom is 0.131 e. The Kier molecular flexibility index (Phi) is 3.93. The van der Waals surface area contributed by atoms with Crippen molar-refractivity contribution in [2.75, 3.05) is 5.32 Å². The number of aromatic nitrogens is 1. The van der Waals surface area contributed by atoms with Gasteiger partial charge in [0.15, 0.2) is 0 Å². The van der Waals surface area contributed by atoms with Gasteiger partial charge < -0.3 is 5.32 Å². The fraction of sp³-hybridized carbons (Fsp3) is 0.167. The van der Waals surface area contributed by atoms with Crippen molar-refractivity contribution in [3.63, 3.8) is 0 Å². The van der Waals surface area contributed by atoms with Crippen molar-refractivity contribution in [1.29, 1.82) is 0 Å². The minimum atomic E-state index is 0.522. The van der Waals surface area contributed by atoms with Crippen LogP contribution in [0.2, 0.25) is 0 Å². The molecular formula is C18H17BrN2. The quantitative estimate of drug-likeness (QED) is 0.645. The summed E-state index contributed by atoms with van der Waals surface area (Å²) in [6.07, 6.45) is 0. The number of para-hydroxylation sites is 1. The van der Waals surface area contributed by atoms with E-state index in [9.17, 15) is 0 Å². The molecule has 3 heteroatoms. The van der Waals surface area contributed by atoms with E-state index >= 15 is 0 Å². The van der Waals surface area contributed by atoms with Gasteiger partial charge in [0.1, 0.15) is 5.82 Å². The minimum Gasteiger partial charge on any atom is -0.339 e. The second-order valence-electron chi connectivity index (χ2n) is 5.41. The largest absolute Gasteiger partial charge is 0.339 e. The van der Waals surface area contributed by atoms with E-state index in [0.717, 1.165) is 26.9 Å². The van der Waals surface area contributed by atoms with Gasteiger partial charge in [0.05, 0.1) is 11.2 Å². The van der Waals surface area contributed by atoms with Crippen molar-refractivity contribution >= 4 is 38.3 Å². The van der Waals surface area contributed by atoms with E-state index in [4.69, 9.17) is 0 Å². The highest BCUT2D eigenvalue weighted by molar-refractivity contribution is 9.10. The standard InChI is InChI=1S/C18H17BrN2/c1-12(2)14-7-9-17(15(19)11-14)21-18-10-8-13-5-3-4-6-16(13)20-18/h3-12H,1-2H3,(H,20,21). The van der Waals surface area contributed by atoms with Crippen LogP contribution < -0.4 is 5.32 Å². The summed E-state index contributed by atoms with van der Waals surface area (Å²) in [5.41, 5.74) is 3.35. The third kappa shape index (κ3) is 3.08. The predicted octanol–water partition coefficient (Wildman–Crippen LogP) is 5.86. The first-order valence-electron chi connectivity index (χ1n) is 7.06. The number of fused-ring (bicyclic) bond motifs is 1. The molecule has 1 aromatic heterocycles. The Hall–Kier alpha value is -1.87. The van der Waals surface area contributed by atoms with Crippen LogP contribution in [-0.4, -0.2) is 4.98 Å². The zero-order valence-electron chi connectivity index (χ0n) is 12.1. The molecular weight excluding hydrogens is 324 g/mol. The third-order valence-corrected chi connectivity index (χ3v) is 4.18. The maximum atomic E-state index is 4.64. The molecule has 0 aliphatic heterocycles. The number of anilines is 2. The molecule has 3 rings (SSSR count). The Morgan fingerprint density at radius 3 is 2.57 bits per heavy atom. The van der Waals surface area contributed by atoms with Crippen molar-refractivity contribution in [1.82, 2.24) is 4.98 Å². The molecule has 0 saturated heterocycles. The summed E-state index contributed by atoms with van der Waals surface area (Å²) in [5, 5.41) is 4.52. The highest BCUT2D eigenvalue weighted by Crippen LogP contribution is 2.29. The second kappa shape index (κ2) is 5.86. The Labute approximate surface area is 133 Å². The van der Waals surface area contributed by atoms with E-state index in [-0.39, 0.29) is 0 Å². The van der Waals surface area contributed by atoms with Crippen LogP contribution in [0.4, 0.5) is 11.5 Å². The van der Waals surface area contributed by atoms with Gasteiger partial charge in [-0.2, -0.15) is 0 Å². The van der Waals surface area contributed by atoms with Gasteiger partial charge >= 0.3 is 0 Å². The van der Waals surface area contributed by atoms with Gasteiger partial charge in [-0.15, -0.1) is 0 Å². The number of nitrogens with zero attached hydrogens (tertiary/aromatic N) is 1. The van der Waals surface area contributed by atoms with Crippen molar-refractivity contribution in [3.8, 4) is 0 Å². The average molecular weight is 341 g/mol. The number of rotatable bonds is 3. The van der Waals surface area contributed by atoms with Crippen molar-refractivity contribution in [2.45, 2.75) is 19.8 Å². The predicted molar refractivity (Wildman–Crippen MR) is 93.3 cm³/mol. The van der Waals surface area contributed by atoms with Crippen LogP contribution in [0, 0.1) is 0 Å². The molecule has 0 amide bonds. The first kappa shape index (κ1) is 14.1. The number of hydrogen-bond donors (Lipinski definition) is 1. The SMILES string of the molecule is CC(C)c1ccc(Nc2ccc3ccccc3n2)c(Br)c1. The van der Waals surface area contributed by atoms with Crippen molar-refractivity contribution in [3.05, 3.63) is 64.6 Å². The molecule has 21 heavy (non-hydrogen) atoms. The third-order valence-electron chi connectivity index (χ3n) is 3.52. The smallest absolute Gasteiger partial charge is 0.131 e. The highest BCUT2D eigenvalue weighted by Gasteiger charge is 2.05. The summed E-state index contributed by atoms with van der Waals surface area (Å²) in [6, 6.07) is 18.6. The molecule has 0 saturated carbocycles. The number of hydrogen-bond acceptors (Lipinski definition) is 2. The van der Waals surface area contributed by atoms with E-state index in [1.807, 2.05) is 24.3 Å². The monoisotopic (exact) mass is 340 g/mol. The summed E-state index contributed by atoms with van der Waals surface area (Å²) < 4.78 is 1.06. The highest BCUT2D eigenvalue weighted by atomic mass is 79.9. The van der Waals surface area contributed by atoms with Crippen molar-refractivity contribution in [2.24, 2.45) is 0 Å². The van der Waals surface area contributed by atoms with Crippen LogP contribution in [0.5, 0.6) is 0 Å². The zero-order chi connectivity index (χ0) is 14.8. The van der Waals surface area contributed by atoms with Gasteiger partial charge in [-0.05, 0) is 57.7 Å². The zero-order valence-corrected chi connectivity index (χ0v) is 13.7. The molecule has 0 aliphatic carbocycles.